The van der Waals surface area contributed by atoms with E-state index in [-0.39, 0.29) is 0 Å². The summed E-state index contributed by atoms with van der Waals surface area (Å²) in [7, 11) is 0. The van der Waals surface area contributed by atoms with Gasteiger partial charge in [0, 0.05) is 0 Å². The molecule has 0 aromatic carbocycles. The normalized spacial score (nSPS) is 42.2. The van der Waals surface area contributed by atoms with Crippen molar-refractivity contribution in [3.05, 3.63) is 9.81 Å². The first-order valence-corrected chi connectivity index (χ1v) is 4.36. The number of rotatable bonds is 2. The summed E-state index contributed by atoms with van der Waals surface area (Å²) in [6.07, 6.45) is 1.25. The molecule has 0 bridgehead atoms. The third-order valence-corrected chi connectivity index (χ3v) is 3.00. The summed E-state index contributed by atoms with van der Waals surface area (Å²) in [6, 6.07) is 0. The summed E-state index contributed by atoms with van der Waals surface area (Å²) in [5, 5.41) is 5.58. The molecule has 68 valence electrons. The third kappa shape index (κ3) is 1.93. The zero-order chi connectivity index (χ0) is 9.24. The molecule has 0 unspecified atom stereocenters. The van der Waals surface area contributed by atoms with Crippen LogP contribution >= 0.6 is 23.2 Å². The number of alkyl halides is 2. The lowest BCUT2D eigenvalue weighted by Gasteiger charge is -2.31. The minimum atomic E-state index is -1.07. The fourth-order valence-electron chi connectivity index (χ4n) is 1.20. The predicted octanol–water partition coefficient (Wildman–Crippen LogP) is 2.96. The van der Waals surface area contributed by atoms with Crippen LogP contribution in [0.25, 0.3) is 0 Å². The molecule has 1 saturated carbocycles. The first kappa shape index (κ1) is 9.86. The molecular formula is C6H8Cl2N2O2. The van der Waals surface area contributed by atoms with Crippen molar-refractivity contribution in [3.8, 4) is 0 Å². The lowest BCUT2D eigenvalue weighted by Crippen LogP contribution is -2.33. The van der Waals surface area contributed by atoms with Crippen LogP contribution in [0.2, 0.25) is 0 Å². The molecule has 1 rings (SSSR count). The molecule has 1 aliphatic rings. The molecule has 0 N–H and O–H groups in total. The highest BCUT2D eigenvalue weighted by Gasteiger charge is 2.42. The van der Waals surface area contributed by atoms with E-state index < -0.39 is 10.00 Å². The Morgan fingerprint density at radius 2 is 1.08 bits per heavy atom. The highest BCUT2D eigenvalue weighted by molar-refractivity contribution is 6.25. The average molecular weight is 211 g/mol. The fraction of sp³-hybridized carbons (Fsp3) is 1.00. The Morgan fingerprint density at radius 1 is 0.833 bits per heavy atom. The molecule has 1 aliphatic carbocycles. The van der Waals surface area contributed by atoms with E-state index in [4.69, 9.17) is 23.2 Å². The van der Waals surface area contributed by atoms with E-state index in [1.807, 2.05) is 0 Å². The Kier molecular flexibility index (Phi) is 2.68. The standard InChI is InChI=1S/C6H8Cl2N2O2/c7-5(9-11)1-2-6(8,10-12)4-3-5/h1-4H2. The van der Waals surface area contributed by atoms with Crippen LogP contribution in [-0.4, -0.2) is 10.00 Å². The van der Waals surface area contributed by atoms with Crippen molar-refractivity contribution >= 4 is 23.2 Å². The summed E-state index contributed by atoms with van der Waals surface area (Å²) in [5.41, 5.74) is 0. The van der Waals surface area contributed by atoms with E-state index in [0.717, 1.165) is 0 Å². The van der Waals surface area contributed by atoms with Gasteiger partial charge >= 0.3 is 0 Å². The van der Waals surface area contributed by atoms with E-state index in [0.29, 0.717) is 25.7 Å². The van der Waals surface area contributed by atoms with Gasteiger partial charge in [0.05, 0.1) is 0 Å². The average Bonchev–Trinajstić information content (AvgIpc) is 2.11. The smallest absolute Gasteiger partial charge is 0.149 e. The summed E-state index contributed by atoms with van der Waals surface area (Å²) in [4.78, 5) is 18.4. The van der Waals surface area contributed by atoms with Crippen molar-refractivity contribution in [1.29, 1.82) is 0 Å². The van der Waals surface area contributed by atoms with E-state index in [1.165, 1.54) is 0 Å². The van der Waals surface area contributed by atoms with Gasteiger partial charge in [0.2, 0.25) is 0 Å². The minimum absolute atomic E-state index is 0.313. The summed E-state index contributed by atoms with van der Waals surface area (Å²) >= 11 is 11.5. The van der Waals surface area contributed by atoms with Gasteiger partial charge in [-0.3, -0.25) is 0 Å². The van der Waals surface area contributed by atoms with E-state index in [9.17, 15) is 9.81 Å². The number of nitrogens with zero attached hydrogens (tertiary/aromatic N) is 2. The van der Waals surface area contributed by atoms with Gasteiger partial charge in [-0.1, -0.05) is 23.2 Å². The Labute approximate surface area is 79.6 Å². The van der Waals surface area contributed by atoms with Crippen molar-refractivity contribution in [1.82, 2.24) is 0 Å². The Balaban J connectivity index is 2.60. The fourth-order valence-corrected chi connectivity index (χ4v) is 1.58. The highest BCUT2D eigenvalue weighted by atomic mass is 35.5. The van der Waals surface area contributed by atoms with Crippen LogP contribution in [0.1, 0.15) is 25.7 Å². The van der Waals surface area contributed by atoms with Gasteiger partial charge in [-0.05, 0) is 36.0 Å². The summed E-state index contributed by atoms with van der Waals surface area (Å²) in [5.74, 6) is 0. The second-order valence-corrected chi connectivity index (χ2v) is 4.43. The molecule has 4 nitrogen and oxygen atoms in total. The van der Waals surface area contributed by atoms with Crippen LogP contribution in [0.15, 0.2) is 10.4 Å². The van der Waals surface area contributed by atoms with Gasteiger partial charge in [-0.2, -0.15) is 0 Å². The monoisotopic (exact) mass is 210 g/mol. The first-order chi connectivity index (χ1) is 5.54. The molecule has 0 amide bonds. The predicted molar refractivity (Wildman–Crippen MR) is 47.2 cm³/mol. The van der Waals surface area contributed by atoms with Gasteiger partial charge in [0.15, 0.2) is 10.00 Å². The molecule has 0 aliphatic heterocycles. The van der Waals surface area contributed by atoms with Crippen LogP contribution in [0.4, 0.5) is 0 Å². The van der Waals surface area contributed by atoms with E-state index in [1.54, 1.807) is 0 Å². The summed E-state index contributed by atoms with van der Waals surface area (Å²) < 4.78 is 0. The maximum atomic E-state index is 10.2. The number of nitroso groups, excluding NO2 is 2. The van der Waals surface area contributed by atoms with Gasteiger partial charge in [0.1, 0.15) is 0 Å². The number of halogens is 2. The highest BCUT2D eigenvalue weighted by Crippen LogP contribution is 2.43. The Hall–Kier alpha value is -0.220. The lowest BCUT2D eigenvalue weighted by molar-refractivity contribution is 0.330. The van der Waals surface area contributed by atoms with Gasteiger partial charge < -0.3 is 0 Å². The first-order valence-electron chi connectivity index (χ1n) is 3.60. The second kappa shape index (κ2) is 3.26. The zero-order valence-corrected chi connectivity index (χ0v) is 7.81. The van der Waals surface area contributed by atoms with Gasteiger partial charge in [-0.25, -0.2) is 0 Å². The topological polar surface area (TPSA) is 58.9 Å². The minimum Gasteiger partial charge on any atom is -0.149 e. The van der Waals surface area contributed by atoms with Crippen LogP contribution in [-0.2, 0) is 0 Å². The van der Waals surface area contributed by atoms with Gasteiger partial charge in [0.25, 0.3) is 0 Å². The van der Waals surface area contributed by atoms with Crippen LogP contribution < -0.4 is 0 Å². The number of hydrogen-bond acceptors (Lipinski definition) is 4. The van der Waals surface area contributed by atoms with Crippen molar-refractivity contribution in [3.63, 3.8) is 0 Å². The molecule has 0 atom stereocenters. The Morgan fingerprint density at radius 3 is 1.25 bits per heavy atom. The molecule has 6 heteroatoms. The van der Waals surface area contributed by atoms with Crippen molar-refractivity contribution in [2.75, 3.05) is 0 Å². The molecule has 0 aromatic rings. The molecule has 0 heterocycles. The summed E-state index contributed by atoms with van der Waals surface area (Å²) in [6.45, 7) is 0. The molecule has 0 radical (unpaired) electrons. The van der Waals surface area contributed by atoms with Crippen molar-refractivity contribution in [2.24, 2.45) is 10.4 Å². The molecule has 0 saturated heterocycles. The van der Waals surface area contributed by atoms with Gasteiger partial charge in [-0.15, -0.1) is 9.81 Å². The molecule has 0 spiro atoms. The molecular weight excluding hydrogens is 203 g/mol. The lowest BCUT2D eigenvalue weighted by atomic mass is 9.91. The Bertz CT molecular complexity index is 180. The molecule has 1 fully saturated rings. The van der Waals surface area contributed by atoms with Crippen LogP contribution in [0.5, 0.6) is 0 Å². The zero-order valence-electron chi connectivity index (χ0n) is 6.30. The number of hydrogen-bond donors (Lipinski definition) is 0. The maximum Gasteiger partial charge on any atom is 0.175 e. The quantitative estimate of drug-likeness (QED) is 0.400. The van der Waals surface area contributed by atoms with E-state index >= 15 is 0 Å². The maximum absolute atomic E-state index is 10.2. The molecule has 12 heavy (non-hydrogen) atoms. The van der Waals surface area contributed by atoms with Crippen molar-refractivity contribution in [2.45, 2.75) is 35.7 Å². The third-order valence-electron chi connectivity index (χ3n) is 2.11. The molecule has 0 aromatic heterocycles. The second-order valence-electron chi connectivity index (χ2n) is 3.02. The largest absolute Gasteiger partial charge is 0.175 e. The van der Waals surface area contributed by atoms with Crippen LogP contribution in [0.3, 0.4) is 0 Å². The van der Waals surface area contributed by atoms with E-state index in [2.05, 4.69) is 10.4 Å². The van der Waals surface area contributed by atoms with Crippen LogP contribution in [0, 0.1) is 9.81 Å². The van der Waals surface area contributed by atoms with Crippen molar-refractivity contribution < 1.29 is 0 Å². The SMILES string of the molecule is O=NC1(Cl)CCC(Cl)(N=O)CC1.